The molecule has 1 atom stereocenters. The number of nitrogens with one attached hydrogen (secondary N) is 2. The lowest BCUT2D eigenvalue weighted by molar-refractivity contribution is -0.136. The Balaban J connectivity index is 1.99. The van der Waals surface area contributed by atoms with Gasteiger partial charge in [0.2, 0.25) is 11.8 Å². The standard InChI is InChI=1S/C11H11ClN2O3/c12-7-2-1-3-8(4-7)13-11(16)9-5-17-6-10(15)14-9/h1-4,9H,5-6H2,(H,13,16)(H,14,15). The third-order valence-electron chi connectivity index (χ3n) is 2.26. The third-order valence-corrected chi connectivity index (χ3v) is 2.50. The molecule has 6 heteroatoms. The second kappa shape index (κ2) is 5.16. The minimum absolute atomic E-state index is 0.000938. The van der Waals surface area contributed by atoms with Gasteiger partial charge in [-0.1, -0.05) is 17.7 Å². The van der Waals surface area contributed by atoms with Gasteiger partial charge in [0.25, 0.3) is 0 Å². The van der Waals surface area contributed by atoms with E-state index in [-0.39, 0.29) is 25.0 Å². The maximum atomic E-state index is 11.8. The van der Waals surface area contributed by atoms with E-state index in [4.69, 9.17) is 16.3 Å². The molecule has 1 unspecified atom stereocenters. The molecular formula is C11H11ClN2O3. The van der Waals surface area contributed by atoms with Crippen molar-refractivity contribution in [1.82, 2.24) is 5.32 Å². The fraction of sp³-hybridized carbons (Fsp3) is 0.273. The molecule has 0 spiro atoms. The Labute approximate surface area is 103 Å². The van der Waals surface area contributed by atoms with E-state index in [0.717, 1.165) is 0 Å². The number of hydrogen-bond acceptors (Lipinski definition) is 3. The summed E-state index contributed by atoms with van der Waals surface area (Å²) in [5.41, 5.74) is 0.585. The van der Waals surface area contributed by atoms with E-state index < -0.39 is 6.04 Å². The van der Waals surface area contributed by atoms with E-state index >= 15 is 0 Å². The second-order valence-corrected chi connectivity index (χ2v) is 4.07. The normalized spacial score (nSPS) is 19.6. The van der Waals surface area contributed by atoms with Crippen LogP contribution in [0, 0.1) is 0 Å². The quantitative estimate of drug-likeness (QED) is 0.820. The number of carbonyl (C=O) groups is 2. The summed E-state index contributed by atoms with van der Waals surface area (Å²) < 4.78 is 4.98. The Morgan fingerprint density at radius 1 is 1.53 bits per heavy atom. The predicted octanol–water partition coefficient (Wildman–Crippen LogP) is 0.793. The Hall–Kier alpha value is -1.59. The number of rotatable bonds is 2. The zero-order chi connectivity index (χ0) is 12.3. The maximum Gasteiger partial charge on any atom is 0.249 e. The molecule has 1 aromatic carbocycles. The summed E-state index contributed by atoms with van der Waals surface area (Å²) in [6.45, 7) is 0.180. The first-order chi connectivity index (χ1) is 8.15. The van der Waals surface area contributed by atoms with Crippen LogP contribution in [0.15, 0.2) is 24.3 Å². The number of amides is 2. The summed E-state index contributed by atoms with van der Waals surface area (Å²) in [4.78, 5) is 22.8. The molecule has 1 fully saturated rings. The molecule has 2 amide bonds. The summed E-state index contributed by atoms with van der Waals surface area (Å²) in [6, 6.07) is 6.13. The van der Waals surface area contributed by atoms with Crippen LogP contribution in [0.1, 0.15) is 0 Å². The molecule has 1 heterocycles. The largest absolute Gasteiger partial charge is 0.369 e. The topological polar surface area (TPSA) is 67.4 Å². The SMILES string of the molecule is O=C1COCC(C(=O)Nc2cccc(Cl)c2)N1. The first-order valence-electron chi connectivity index (χ1n) is 5.09. The molecular weight excluding hydrogens is 244 g/mol. The highest BCUT2D eigenvalue weighted by Crippen LogP contribution is 2.15. The van der Waals surface area contributed by atoms with Gasteiger partial charge in [0, 0.05) is 10.7 Å². The van der Waals surface area contributed by atoms with Gasteiger partial charge in [0.1, 0.15) is 12.6 Å². The third kappa shape index (κ3) is 3.18. The highest BCUT2D eigenvalue weighted by atomic mass is 35.5. The minimum Gasteiger partial charge on any atom is -0.369 e. The molecule has 1 aliphatic rings. The summed E-state index contributed by atoms with van der Waals surface area (Å²) >= 11 is 5.79. The molecule has 2 rings (SSSR count). The lowest BCUT2D eigenvalue weighted by atomic mass is 10.2. The molecule has 1 aromatic rings. The summed E-state index contributed by atoms with van der Waals surface area (Å²) in [5, 5.41) is 5.73. The second-order valence-electron chi connectivity index (χ2n) is 3.63. The van der Waals surface area contributed by atoms with Gasteiger partial charge in [0.15, 0.2) is 0 Å². The number of hydrogen-bond donors (Lipinski definition) is 2. The highest BCUT2D eigenvalue weighted by molar-refractivity contribution is 6.30. The van der Waals surface area contributed by atoms with Crippen LogP contribution in [-0.4, -0.2) is 31.1 Å². The average molecular weight is 255 g/mol. The molecule has 1 saturated heterocycles. The molecule has 2 N–H and O–H groups in total. The van der Waals surface area contributed by atoms with Crippen molar-refractivity contribution in [3.63, 3.8) is 0 Å². The van der Waals surface area contributed by atoms with E-state index in [1.807, 2.05) is 0 Å². The molecule has 1 aliphatic heterocycles. The van der Waals surface area contributed by atoms with Crippen LogP contribution in [0.5, 0.6) is 0 Å². The van der Waals surface area contributed by atoms with Crippen molar-refractivity contribution in [2.75, 3.05) is 18.5 Å². The fourth-order valence-corrected chi connectivity index (χ4v) is 1.67. The van der Waals surface area contributed by atoms with Crippen molar-refractivity contribution in [1.29, 1.82) is 0 Å². The fourth-order valence-electron chi connectivity index (χ4n) is 1.48. The van der Waals surface area contributed by atoms with Crippen molar-refractivity contribution in [2.45, 2.75) is 6.04 Å². The van der Waals surface area contributed by atoms with Gasteiger partial charge < -0.3 is 15.4 Å². The molecule has 90 valence electrons. The van der Waals surface area contributed by atoms with Gasteiger partial charge in [-0.05, 0) is 18.2 Å². The smallest absolute Gasteiger partial charge is 0.249 e. The Bertz CT molecular complexity index is 450. The van der Waals surface area contributed by atoms with Crippen LogP contribution in [-0.2, 0) is 14.3 Å². The molecule has 0 bridgehead atoms. The van der Waals surface area contributed by atoms with Crippen molar-refractivity contribution >= 4 is 29.1 Å². The number of carbonyl (C=O) groups excluding carboxylic acids is 2. The first kappa shape index (κ1) is 11.9. The molecule has 0 aliphatic carbocycles. The van der Waals surface area contributed by atoms with E-state index in [0.29, 0.717) is 10.7 Å². The number of anilines is 1. The zero-order valence-electron chi connectivity index (χ0n) is 8.90. The van der Waals surface area contributed by atoms with Crippen molar-refractivity contribution in [3.8, 4) is 0 Å². The lowest BCUT2D eigenvalue weighted by Crippen LogP contribution is -2.51. The number of ether oxygens (including phenoxy) is 1. The van der Waals surface area contributed by atoms with E-state index in [1.165, 1.54) is 0 Å². The predicted molar refractivity (Wildman–Crippen MR) is 62.8 cm³/mol. The van der Waals surface area contributed by atoms with Crippen LogP contribution in [0.25, 0.3) is 0 Å². The van der Waals surface area contributed by atoms with Gasteiger partial charge in [-0.15, -0.1) is 0 Å². The van der Waals surface area contributed by atoms with E-state index in [1.54, 1.807) is 24.3 Å². The van der Waals surface area contributed by atoms with Crippen molar-refractivity contribution < 1.29 is 14.3 Å². The summed E-state index contributed by atoms with van der Waals surface area (Å²) in [7, 11) is 0. The first-order valence-corrected chi connectivity index (χ1v) is 5.46. The average Bonchev–Trinajstić information content (AvgIpc) is 2.29. The Morgan fingerprint density at radius 3 is 3.06 bits per heavy atom. The molecule has 0 aromatic heterocycles. The number of benzene rings is 1. The van der Waals surface area contributed by atoms with Gasteiger partial charge in [-0.3, -0.25) is 9.59 Å². The van der Waals surface area contributed by atoms with Gasteiger partial charge in [-0.25, -0.2) is 0 Å². The van der Waals surface area contributed by atoms with Crippen molar-refractivity contribution in [2.24, 2.45) is 0 Å². The Kier molecular flexibility index (Phi) is 3.61. The minimum atomic E-state index is -0.657. The molecule has 5 nitrogen and oxygen atoms in total. The summed E-state index contributed by atoms with van der Waals surface area (Å²) in [5.74, 6) is -0.609. The van der Waals surface area contributed by atoms with Crippen LogP contribution in [0.3, 0.4) is 0 Å². The lowest BCUT2D eigenvalue weighted by Gasteiger charge is -2.22. The zero-order valence-corrected chi connectivity index (χ0v) is 9.66. The van der Waals surface area contributed by atoms with Crippen LogP contribution in [0.2, 0.25) is 5.02 Å². The van der Waals surface area contributed by atoms with Gasteiger partial charge in [-0.2, -0.15) is 0 Å². The molecule has 0 radical (unpaired) electrons. The maximum absolute atomic E-state index is 11.8. The molecule has 17 heavy (non-hydrogen) atoms. The highest BCUT2D eigenvalue weighted by Gasteiger charge is 2.25. The van der Waals surface area contributed by atoms with Crippen LogP contribution >= 0.6 is 11.6 Å². The van der Waals surface area contributed by atoms with Crippen LogP contribution < -0.4 is 10.6 Å². The van der Waals surface area contributed by atoms with Crippen LogP contribution in [0.4, 0.5) is 5.69 Å². The van der Waals surface area contributed by atoms with E-state index in [2.05, 4.69) is 10.6 Å². The Morgan fingerprint density at radius 2 is 2.35 bits per heavy atom. The number of morpholine rings is 1. The van der Waals surface area contributed by atoms with E-state index in [9.17, 15) is 9.59 Å². The number of halogens is 1. The van der Waals surface area contributed by atoms with Gasteiger partial charge in [0.05, 0.1) is 6.61 Å². The monoisotopic (exact) mass is 254 g/mol. The van der Waals surface area contributed by atoms with Crippen molar-refractivity contribution in [3.05, 3.63) is 29.3 Å². The molecule has 0 saturated carbocycles. The van der Waals surface area contributed by atoms with Gasteiger partial charge >= 0.3 is 0 Å². The summed E-state index contributed by atoms with van der Waals surface area (Å²) in [6.07, 6.45) is 0.